The van der Waals surface area contributed by atoms with Crippen molar-refractivity contribution in [3.05, 3.63) is 42.1 Å². The third-order valence-electron chi connectivity index (χ3n) is 2.16. The summed E-state index contributed by atoms with van der Waals surface area (Å²) in [6.45, 7) is 1.95. The van der Waals surface area contributed by atoms with Crippen LogP contribution < -0.4 is 34.7 Å². The molecule has 0 unspecified atom stereocenters. The third kappa shape index (κ3) is 3.13. The predicted octanol–water partition coefficient (Wildman–Crippen LogP) is -1.87. The molecule has 5 nitrogen and oxygen atoms in total. The Morgan fingerprint density at radius 3 is 2.67 bits per heavy atom. The molecule has 0 aliphatic rings. The monoisotopic (exact) mass is 254 g/mol. The number of benzene rings is 1. The molecule has 18 heavy (non-hydrogen) atoms. The summed E-state index contributed by atoms with van der Waals surface area (Å²) in [5, 5.41) is 15.6. The topological polar surface area (TPSA) is 67.2 Å². The van der Waals surface area contributed by atoms with E-state index in [0.29, 0.717) is 5.69 Å². The van der Waals surface area contributed by atoms with E-state index in [0.717, 1.165) is 0 Å². The van der Waals surface area contributed by atoms with Crippen molar-refractivity contribution in [2.24, 2.45) is 0 Å². The quantitative estimate of drug-likeness (QED) is 0.475. The minimum atomic E-state index is -0.584. The molecule has 0 aliphatic heterocycles. The summed E-state index contributed by atoms with van der Waals surface area (Å²) in [5.41, 5.74) is 0.647. The van der Waals surface area contributed by atoms with Gasteiger partial charge in [-0.25, -0.2) is 9.48 Å². The molecule has 0 atom stereocenters. The molecule has 0 saturated heterocycles. The van der Waals surface area contributed by atoms with Crippen molar-refractivity contribution in [1.29, 1.82) is 0 Å². The van der Waals surface area contributed by atoms with Gasteiger partial charge in [0.25, 0.3) is 0 Å². The Hall–Kier alpha value is -1.30. The van der Waals surface area contributed by atoms with Crippen LogP contribution in [0.15, 0.2) is 36.4 Å². The standard InChI is InChI=1S/C12H12N2O3.Na/c1-2-17-12(16)10-8-11(15)14(13-10)9-6-4-3-5-7-9;/h3-8,15H,2H2,1H3;/q;+1/p-1. The van der Waals surface area contributed by atoms with E-state index in [-0.39, 0.29) is 47.7 Å². The largest absolute Gasteiger partial charge is 1.00 e. The number of hydrogen-bond acceptors (Lipinski definition) is 4. The number of ether oxygens (including phenoxy) is 1. The fourth-order valence-corrected chi connectivity index (χ4v) is 1.42. The van der Waals surface area contributed by atoms with E-state index in [1.165, 1.54) is 10.7 Å². The maximum atomic E-state index is 11.6. The average molecular weight is 254 g/mol. The zero-order valence-electron chi connectivity index (χ0n) is 10.3. The summed E-state index contributed by atoms with van der Waals surface area (Å²) in [6.07, 6.45) is 0. The summed E-state index contributed by atoms with van der Waals surface area (Å²) in [4.78, 5) is 11.4. The van der Waals surface area contributed by atoms with Crippen molar-refractivity contribution < 1.29 is 44.2 Å². The van der Waals surface area contributed by atoms with Crippen LogP contribution in [0.4, 0.5) is 0 Å². The van der Waals surface area contributed by atoms with Crippen LogP contribution in [-0.2, 0) is 4.74 Å². The number of carbonyl (C=O) groups excluding carboxylic acids is 1. The number of nitrogens with zero attached hydrogens (tertiary/aromatic N) is 2. The summed E-state index contributed by atoms with van der Waals surface area (Å²) in [6, 6.07) is 10.1. The van der Waals surface area contributed by atoms with Crippen LogP contribution in [0.2, 0.25) is 0 Å². The molecule has 88 valence electrons. The summed E-state index contributed by atoms with van der Waals surface area (Å²) < 4.78 is 5.95. The first-order valence-corrected chi connectivity index (χ1v) is 5.22. The SMILES string of the molecule is CCOC(=O)c1cc([O-])n(-c2ccccc2)n1.[Na+]. The summed E-state index contributed by atoms with van der Waals surface area (Å²) >= 11 is 0. The number of rotatable bonds is 3. The average Bonchev–Trinajstić information content (AvgIpc) is 2.73. The van der Waals surface area contributed by atoms with E-state index >= 15 is 0 Å². The van der Waals surface area contributed by atoms with Gasteiger partial charge in [0, 0.05) is 0 Å². The van der Waals surface area contributed by atoms with E-state index in [1.807, 2.05) is 6.07 Å². The van der Waals surface area contributed by atoms with Gasteiger partial charge in [-0.15, -0.1) is 0 Å². The second kappa shape index (κ2) is 6.58. The molecule has 0 amide bonds. The number of hydrogen-bond donors (Lipinski definition) is 0. The Morgan fingerprint density at radius 1 is 1.39 bits per heavy atom. The first-order chi connectivity index (χ1) is 8.22. The van der Waals surface area contributed by atoms with E-state index < -0.39 is 5.97 Å². The minimum Gasteiger partial charge on any atom is -0.859 e. The van der Waals surface area contributed by atoms with Crippen LogP contribution in [0.3, 0.4) is 0 Å². The van der Waals surface area contributed by atoms with Crippen LogP contribution in [0.25, 0.3) is 5.69 Å². The Balaban J connectivity index is 0.00000162. The smallest absolute Gasteiger partial charge is 0.859 e. The number of para-hydroxylation sites is 1. The van der Waals surface area contributed by atoms with Crippen LogP contribution in [-0.4, -0.2) is 22.4 Å². The normalized spacial score (nSPS) is 9.61. The molecule has 1 heterocycles. The number of carbonyl (C=O) groups is 1. The molecular formula is C12H11N2NaO3. The molecule has 0 bridgehead atoms. The van der Waals surface area contributed by atoms with Gasteiger partial charge < -0.3 is 9.84 Å². The fourth-order valence-electron chi connectivity index (χ4n) is 1.42. The molecule has 1 aromatic heterocycles. The van der Waals surface area contributed by atoms with Gasteiger partial charge in [-0.05, 0) is 31.0 Å². The second-order valence-electron chi connectivity index (χ2n) is 3.34. The molecule has 6 heteroatoms. The van der Waals surface area contributed by atoms with Crippen molar-refractivity contribution in [1.82, 2.24) is 9.78 Å². The van der Waals surface area contributed by atoms with Crippen LogP contribution >= 0.6 is 0 Å². The van der Waals surface area contributed by atoms with Gasteiger partial charge in [0.1, 0.15) is 0 Å². The minimum absolute atomic E-state index is 0. The van der Waals surface area contributed by atoms with Gasteiger partial charge in [-0.1, -0.05) is 18.2 Å². The maximum Gasteiger partial charge on any atom is 1.00 e. The molecule has 0 spiro atoms. The van der Waals surface area contributed by atoms with E-state index in [9.17, 15) is 9.90 Å². The molecular weight excluding hydrogens is 243 g/mol. The first kappa shape index (κ1) is 14.8. The van der Waals surface area contributed by atoms with Crippen LogP contribution in [0.1, 0.15) is 17.4 Å². The molecule has 2 rings (SSSR count). The third-order valence-corrected chi connectivity index (χ3v) is 2.16. The Labute approximate surface area is 127 Å². The molecule has 0 saturated carbocycles. The molecule has 0 N–H and O–H groups in total. The summed E-state index contributed by atoms with van der Waals surface area (Å²) in [5.74, 6) is -0.932. The van der Waals surface area contributed by atoms with Crippen molar-refractivity contribution in [3.63, 3.8) is 0 Å². The van der Waals surface area contributed by atoms with Gasteiger partial charge in [0.15, 0.2) is 5.69 Å². The van der Waals surface area contributed by atoms with Crippen LogP contribution in [0, 0.1) is 0 Å². The zero-order valence-corrected chi connectivity index (χ0v) is 12.3. The van der Waals surface area contributed by atoms with E-state index in [2.05, 4.69) is 5.10 Å². The van der Waals surface area contributed by atoms with E-state index in [1.54, 1.807) is 31.2 Å². The van der Waals surface area contributed by atoms with Crippen molar-refractivity contribution in [2.45, 2.75) is 6.92 Å². The molecule has 0 radical (unpaired) electrons. The van der Waals surface area contributed by atoms with Crippen LogP contribution in [0.5, 0.6) is 5.88 Å². The molecule has 0 aliphatic carbocycles. The van der Waals surface area contributed by atoms with Gasteiger partial charge in [0.2, 0.25) is 0 Å². The summed E-state index contributed by atoms with van der Waals surface area (Å²) in [7, 11) is 0. The van der Waals surface area contributed by atoms with Crippen molar-refractivity contribution in [2.75, 3.05) is 6.61 Å². The maximum absolute atomic E-state index is 11.6. The first-order valence-electron chi connectivity index (χ1n) is 5.22. The second-order valence-corrected chi connectivity index (χ2v) is 3.34. The zero-order chi connectivity index (χ0) is 12.3. The van der Waals surface area contributed by atoms with Crippen molar-refractivity contribution in [3.8, 4) is 11.6 Å². The number of aromatic nitrogens is 2. The number of esters is 1. The Morgan fingerprint density at radius 2 is 2.06 bits per heavy atom. The predicted molar refractivity (Wildman–Crippen MR) is 59.0 cm³/mol. The van der Waals surface area contributed by atoms with Gasteiger partial charge in [-0.2, -0.15) is 5.10 Å². The Bertz CT molecular complexity index is 525. The molecule has 1 aromatic carbocycles. The van der Waals surface area contributed by atoms with Gasteiger partial charge in [0.05, 0.1) is 12.3 Å². The van der Waals surface area contributed by atoms with Gasteiger partial charge in [-0.3, -0.25) is 0 Å². The molecule has 0 fully saturated rings. The van der Waals surface area contributed by atoms with Crippen molar-refractivity contribution >= 4 is 5.97 Å². The fraction of sp³-hybridized carbons (Fsp3) is 0.167. The molecule has 2 aromatic rings. The van der Waals surface area contributed by atoms with Gasteiger partial charge >= 0.3 is 35.5 Å². The Kier molecular flexibility index (Phi) is 5.40. The van der Waals surface area contributed by atoms with E-state index in [4.69, 9.17) is 4.74 Å².